The van der Waals surface area contributed by atoms with Gasteiger partial charge >= 0.3 is 0 Å². The molecule has 0 radical (unpaired) electrons. The number of aromatic amines is 1. The SMILES string of the molecule is C=C[C@H]1CC[C@@H]2c3[nH]c4ccccc4c3CCN2C1. The smallest absolute Gasteiger partial charge is 0.0502 e. The van der Waals surface area contributed by atoms with Crippen molar-refractivity contribution >= 4 is 10.9 Å². The van der Waals surface area contributed by atoms with Crippen LogP contribution in [-0.2, 0) is 6.42 Å². The van der Waals surface area contributed by atoms with Gasteiger partial charge in [-0.3, -0.25) is 4.90 Å². The molecule has 1 fully saturated rings. The lowest BCUT2D eigenvalue weighted by Crippen LogP contribution is -2.41. The molecule has 2 nitrogen and oxygen atoms in total. The molecule has 98 valence electrons. The van der Waals surface area contributed by atoms with Gasteiger partial charge in [0.1, 0.15) is 0 Å². The van der Waals surface area contributed by atoms with Crippen LogP contribution in [0.4, 0.5) is 0 Å². The van der Waals surface area contributed by atoms with Gasteiger partial charge in [-0.05, 0) is 36.8 Å². The van der Waals surface area contributed by atoms with Crippen molar-refractivity contribution in [3.05, 3.63) is 48.2 Å². The number of para-hydroxylation sites is 1. The van der Waals surface area contributed by atoms with Gasteiger partial charge in [0.05, 0.1) is 6.04 Å². The molecule has 0 aliphatic carbocycles. The average Bonchev–Trinajstić information content (AvgIpc) is 2.85. The Morgan fingerprint density at radius 1 is 1.26 bits per heavy atom. The van der Waals surface area contributed by atoms with Crippen LogP contribution in [-0.4, -0.2) is 23.0 Å². The number of piperidine rings is 1. The lowest BCUT2D eigenvalue weighted by molar-refractivity contribution is 0.112. The van der Waals surface area contributed by atoms with Crippen LogP contribution in [0, 0.1) is 5.92 Å². The molecule has 1 saturated heterocycles. The predicted molar refractivity (Wildman–Crippen MR) is 79.2 cm³/mol. The number of aromatic nitrogens is 1. The van der Waals surface area contributed by atoms with E-state index in [0.29, 0.717) is 12.0 Å². The molecule has 2 aromatic rings. The van der Waals surface area contributed by atoms with E-state index in [4.69, 9.17) is 0 Å². The molecule has 3 heterocycles. The van der Waals surface area contributed by atoms with Crippen molar-refractivity contribution in [2.24, 2.45) is 5.92 Å². The summed E-state index contributed by atoms with van der Waals surface area (Å²) < 4.78 is 0. The molecule has 1 aromatic heterocycles. The van der Waals surface area contributed by atoms with E-state index in [0.717, 1.165) is 0 Å². The Morgan fingerprint density at radius 2 is 2.16 bits per heavy atom. The summed E-state index contributed by atoms with van der Waals surface area (Å²) in [5.74, 6) is 0.683. The molecule has 2 atom stereocenters. The number of H-pyrrole nitrogens is 1. The summed E-state index contributed by atoms with van der Waals surface area (Å²) in [6.45, 7) is 6.35. The van der Waals surface area contributed by atoms with Crippen LogP contribution in [0.1, 0.15) is 30.1 Å². The minimum absolute atomic E-state index is 0.604. The van der Waals surface area contributed by atoms with Gasteiger partial charge in [0.2, 0.25) is 0 Å². The Labute approximate surface area is 114 Å². The highest BCUT2D eigenvalue weighted by molar-refractivity contribution is 5.85. The number of fused-ring (bicyclic) bond motifs is 5. The van der Waals surface area contributed by atoms with E-state index in [1.807, 2.05) is 0 Å². The zero-order valence-electron chi connectivity index (χ0n) is 11.2. The highest BCUT2D eigenvalue weighted by Crippen LogP contribution is 2.40. The van der Waals surface area contributed by atoms with Crippen molar-refractivity contribution < 1.29 is 0 Å². The number of hydrogen-bond donors (Lipinski definition) is 1. The second-order valence-electron chi connectivity index (χ2n) is 5.90. The first-order chi connectivity index (χ1) is 9.36. The Morgan fingerprint density at radius 3 is 3.05 bits per heavy atom. The first-order valence-corrected chi connectivity index (χ1v) is 7.33. The van der Waals surface area contributed by atoms with Gasteiger partial charge in [0, 0.05) is 29.7 Å². The van der Waals surface area contributed by atoms with E-state index in [1.165, 1.54) is 48.9 Å². The van der Waals surface area contributed by atoms with Gasteiger partial charge in [0.15, 0.2) is 0 Å². The standard InChI is InChI=1S/C17H20N2/c1-2-12-7-8-16-17-14(9-10-19(16)11-12)13-5-3-4-6-15(13)18-17/h2-6,12,16,18H,1,7-11H2/t12-,16+/m0/s1. The van der Waals surface area contributed by atoms with Crippen molar-refractivity contribution in [3.63, 3.8) is 0 Å². The topological polar surface area (TPSA) is 19.0 Å². The fourth-order valence-electron chi connectivity index (χ4n) is 3.87. The Balaban J connectivity index is 1.77. The number of nitrogens with one attached hydrogen (secondary N) is 1. The monoisotopic (exact) mass is 252 g/mol. The van der Waals surface area contributed by atoms with Crippen LogP contribution in [0.15, 0.2) is 36.9 Å². The Kier molecular flexibility index (Phi) is 2.52. The van der Waals surface area contributed by atoms with Crippen LogP contribution in [0.2, 0.25) is 0 Å². The first-order valence-electron chi connectivity index (χ1n) is 7.33. The molecule has 2 aliphatic rings. The molecule has 0 saturated carbocycles. The van der Waals surface area contributed by atoms with Crippen LogP contribution in [0.5, 0.6) is 0 Å². The third-order valence-corrected chi connectivity index (χ3v) is 4.88. The van der Waals surface area contributed by atoms with Gasteiger partial charge in [0.25, 0.3) is 0 Å². The van der Waals surface area contributed by atoms with Gasteiger partial charge in [-0.1, -0.05) is 24.3 Å². The zero-order chi connectivity index (χ0) is 12.8. The predicted octanol–water partition coefficient (Wildman–Crippen LogP) is 3.66. The van der Waals surface area contributed by atoms with E-state index >= 15 is 0 Å². The van der Waals surface area contributed by atoms with Crippen molar-refractivity contribution in [2.75, 3.05) is 13.1 Å². The van der Waals surface area contributed by atoms with Gasteiger partial charge in [-0.25, -0.2) is 0 Å². The van der Waals surface area contributed by atoms with Crippen molar-refractivity contribution in [3.8, 4) is 0 Å². The number of benzene rings is 1. The molecule has 2 heteroatoms. The summed E-state index contributed by atoms with van der Waals surface area (Å²) in [6, 6.07) is 9.34. The summed E-state index contributed by atoms with van der Waals surface area (Å²) in [6.07, 6.45) is 5.85. The molecule has 4 rings (SSSR count). The maximum absolute atomic E-state index is 3.97. The minimum Gasteiger partial charge on any atom is -0.357 e. The second kappa shape index (κ2) is 4.24. The quantitative estimate of drug-likeness (QED) is 0.767. The maximum atomic E-state index is 3.97. The maximum Gasteiger partial charge on any atom is 0.0502 e. The van der Waals surface area contributed by atoms with E-state index in [-0.39, 0.29) is 0 Å². The van der Waals surface area contributed by atoms with Crippen molar-refractivity contribution in [1.82, 2.24) is 9.88 Å². The lowest BCUT2D eigenvalue weighted by atomic mass is 9.86. The number of hydrogen-bond acceptors (Lipinski definition) is 1. The van der Waals surface area contributed by atoms with E-state index < -0.39 is 0 Å². The van der Waals surface area contributed by atoms with Crippen LogP contribution in [0.3, 0.4) is 0 Å². The number of nitrogens with zero attached hydrogens (tertiary/aromatic N) is 1. The molecule has 19 heavy (non-hydrogen) atoms. The largest absolute Gasteiger partial charge is 0.357 e. The minimum atomic E-state index is 0.604. The van der Waals surface area contributed by atoms with Gasteiger partial charge in [-0.15, -0.1) is 6.58 Å². The van der Waals surface area contributed by atoms with Gasteiger partial charge < -0.3 is 4.98 Å². The molecule has 1 aromatic carbocycles. The van der Waals surface area contributed by atoms with Crippen molar-refractivity contribution in [1.29, 1.82) is 0 Å². The average molecular weight is 252 g/mol. The summed E-state index contributed by atoms with van der Waals surface area (Å²) in [5, 5.41) is 1.43. The molecule has 0 unspecified atom stereocenters. The molecule has 0 bridgehead atoms. The summed E-state index contributed by atoms with van der Waals surface area (Å²) in [4.78, 5) is 6.33. The summed E-state index contributed by atoms with van der Waals surface area (Å²) >= 11 is 0. The Hall–Kier alpha value is -1.54. The molecular weight excluding hydrogens is 232 g/mol. The number of rotatable bonds is 1. The Bertz CT molecular complexity index is 625. The third-order valence-electron chi connectivity index (χ3n) is 4.88. The normalized spacial score (nSPS) is 26.9. The third kappa shape index (κ3) is 1.67. The van der Waals surface area contributed by atoms with Crippen LogP contribution < -0.4 is 0 Å². The van der Waals surface area contributed by atoms with Crippen LogP contribution >= 0.6 is 0 Å². The molecule has 0 amide bonds. The van der Waals surface area contributed by atoms with Gasteiger partial charge in [-0.2, -0.15) is 0 Å². The lowest BCUT2D eigenvalue weighted by Gasteiger charge is -2.41. The first kappa shape index (κ1) is 11.3. The zero-order valence-corrected chi connectivity index (χ0v) is 11.2. The summed E-state index contributed by atoms with van der Waals surface area (Å²) in [7, 11) is 0. The van der Waals surface area contributed by atoms with Crippen molar-refractivity contribution in [2.45, 2.75) is 25.3 Å². The molecule has 0 spiro atoms. The van der Waals surface area contributed by atoms with Crippen LogP contribution in [0.25, 0.3) is 10.9 Å². The van der Waals surface area contributed by atoms with E-state index in [9.17, 15) is 0 Å². The summed E-state index contributed by atoms with van der Waals surface area (Å²) in [5.41, 5.74) is 4.35. The van der Waals surface area contributed by atoms with E-state index in [2.05, 4.69) is 46.8 Å². The fourth-order valence-corrected chi connectivity index (χ4v) is 3.87. The van der Waals surface area contributed by atoms with E-state index in [1.54, 1.807) is 5.56 Å². The highest BCUT2D eigenvalue weighted by atomic mass is 15.2. The fraction of sp³-hybridized carbons (Fsp3) is 0.412. The molecular formula is C17H20N2. The second-order valence-corrected chi connectivity index (χ2v) is 5.90. The molecule has 1 N–H and O–H groups in total. The molecule has 2 aliphatic heterocycles. The highest BCUT2D eigenvalue weighted by Gasteiger charge is 2.34.